The van der Waals surface area contributed by atoms with E-state index >= 15 is 0 Å². The highest BCUT2D eigenvalue weighted by Gasteiger charge is 2.40. The molecule has 1 amide bonds. The molecule has 2 aliphatic rings. The first-order valence-electron chi connectivity index (χ1n) is 11.3. The van der Waals surface area contributed by atoms with Crippen molar-refractivity contribution in [1.29, 1.82) is 0 Å². The average molecular weight is 503 g/mol. The Morgan fingerprint density at radius 3 is 2.56 bits per heavy atom. The maximum atomic E-state index is 13.6. The second-order valence-corrected chi connectivity index (χ2v) is 9.66. The molecule has 0 unspecified atom stereocenters. The Hall–Kier alpha value is -2.12. The average Bonchev–Trinajstić information content (AvgIpc) is 3.53. The Morgan fingerprint density at radius 2 is 1.88 bits per heavy atom. The van der Waals surface area contributed by atoms with Crippen molar-refractivity contribution in [2.45, 2.75) is 57.6 Å². The molecule has 1 N–H and O–H groups in total. The third-order valence-electron chi connectivity index (χ3n) is 6.98. The van der Waals surface area contributed by atoms with Crippen molar-refractivity contribution in [3.63, 3.8) is 0 Å². The number of methoxy groups -OCH3 is 2. The fourth-order valence-electron chi connectivity index (χ4n) is 5.17. The summed E-state index contributed by atoms with van der Waals surface area (Å²) in [5.74, 6) is -0.970. The minimum Gasteiger partial charge on any atom is -0.469 e. The molecule has 172 valence electrons. The summed E-state index contributed by atoms with van der Waals surface area (Å²) >= 11 is 3.52. The lowest BCUT2D eigenvalue weighted by atomic mass is 9.96. The van der Waals surface area contributed by atoms with Crippen LogP contribution in [0.15, 0.2) is 28.7 Å². The van der Waals surface area contributed by atoms with Crippen LogP contribution in [-0.4, -0.2) is 48.6 Å². The number of carbonyl (C=O) groups excluding carboxylic acids is 2. The first-order valence-corrected chi connectivity index (χ1v) is 12.1. The van der Waals surface area contributed by atoms with E-state index in [9.17, 15) is 9.59 Å². The van der Waals surface area contributed by atoms with E-state index in [1.807, 2.05) is 11.8 Å². The summed E-state index contributed by atoms with van der Waals surface area (Å²) in [5.41, 5.74) is 6.28. The quantitative estimate of drug-likeness (QED) is 0.551. The van der Waals surface area contributed by atoms with Crippen molar-refractivity contribution in [3.05, 3.63) is 45.6 Å². The molecule has 4 rings (SSSR count). The summed E-state index contributed by atoms with van der Waals surface area (Å²) < 4.78 is 11.4. The standard InChI is InChI=1S/C25H31BrN2O4/c1-15(31-2)20(14-22(29)32-3)25(30)28-13-5-8-21(28)24-19-7-4-6-18(19)23(27-24)16-9-11-17(26)12-10-16/h9-12,15,20-21,27H,4-8,13-14H2,1-3H3/t15-,20+,21+/m1/s1. The molecule has 2 heterocycles. The van der Waals surface area contributed by atoms with Crippen LogP contribution in [0.3, 0.4) is 0 Å². The largest absolute Gasteiger partial charge is 0.469 e. The second-order valence-electron chi connectivity index (χ2n) is 8.75. The molecule has 1 aliphatic carbocycles. The van der Waals surface area contributed by atoms with Gasteiger partial charge in [-0.1, -0.05) is 28.1 Å². The van der Waals surface area contributed by atoms with Crippen molar-refractivity contribution < 1.29 is 19.1 Å². The van der Waals surface area contributed by atoms with Crippen LogP contribution in [-0.2, 0) is 31.9 Å². The molecule has 1 aromatic heterocycles. The van der Waals surface area contributed by atoms with Crippen LogP contribution >= 0.6 is 15.9 Å². The molecule has 6 nitrogen and oxygen atoms in total. The number of aromatic amines is 1. The van der Waals surface area contributed by atoms with E-state index in [1.54, 1.807) is 7.11 Å². The zero-order chi connectivity index (χ0) is 22.8. The third-order valence-corrected chi connectivity index (χ3v) is 7.50. The maximum Gasteiger partial charge on any atom is 0.306 e. The van der Waals surface area contributed by atoms with E-state index in [1.165, 1.54) is 35.2 Å². The van der Waals surface area contributed by atoms with Crippen LogP contribution in [0.5, 0.6) is 0 Å². The molecule has 0 bridgehead atoms. The van der Waals surface area contributed by atoms with Gasteiger partial charge in [0.05, 0.1) is 31.6 Å². The molecule has 7 heteroatoms. The SMILES string of the molecule is COC(=O)C[C@H](C(=O)N1CCC[C@H]1c1[nH]c(-c2ccc(Br)cc2)c2c1CCC2)[C@@H](C)OC. The van der Waals surface area contributed by atoms with Gasteiger partial charge < -0.3 is 19.4 Å². The van der Waals surface area contributed by atoms with Gasteiger partial charge in [0, 0.05) is 29.5 Å². The molecule has 32 heavy (non-hydrogen) atoms. The molecule has 0 saturated carbocycles. The van der Waals surface area contributed by atoms with Crippen LogP contribution in [0.25, 0.3) is 11.3 Å². The number of aromatic nitrogens is 1. The number of rotatable bonds is 7. The predicted molar refractivity (Wildman–Crippen MR) is 126 cm³/mol. The highest BCUT2D eigenvalue weighted by molar-refractivity contribution is 9.10. The predicted octanol–water partition coefficient (Wildman–Crippen LogP) is 4.81. The van der Waals surface area contributed by atoms with Gasteiger partial charge in [-0.25, -0.2) is 0 Å². The van der Waals surface area contributed by atoms with Crippen LogP contribution < -0.4 is 0 Å². The van der Waals surface area contributed by atoms with E-state index in [4.69, 9.17) is 9.47 Å². The maximum absolute atomic E-state index is 13.6. The first kappa shape index (κ1) is 23.1. The van der Waals surface area contributed by atoms with Crippen LogP contribution in [0.2, 0.25) is 0 Å². The van der Waals surface area contributed by atoms with Gasteiger partial charge in [0.25, 0.3) is 0 Å². The number of nitrogens with one attached hydrogen (secondary N) is 1. The number of hydrogen-bond donors (Lipinski definition) is 1. The third kappa shape index (κ3) is 4.37. The second kappa shape index (κ2) is 9.79. The Balaban J connectivity index is 1.66. The van der Waals surface area contributed by atoms with Crippen LogP contribution in [0.1, 0.15) is 55.5 Å². The number of H-pyrrole nitrogens is 1. The Morgan fingerprint density at radius 1 is 1.16 bits per heavy atom. The molecule has 1 aliphatic heterocycles. The van der Waals surface area contributed by atoms with E-state index in [0.29, 0.717) is 6.54 Å². The van der Waals surface area contributed by atoms with Gasteiger partial charge in [0.2, 0.25) is 5.91 Å². The van der Waals surface area contributed by atoms with Crippen molar-refractivity contribution in [2.75, 3.05) is 20.8 Å². The molecule has 1 saturated heterocycles. The molecule has 2 aromatic rings. The Labute approximate surface area is 197 Å². The fourth-order valence-corrected chi connectivity index (χ4v) is 5.44. The normalized spacial score (nSPS) is 19.6. The monoisotopic (exact) mass is 502 g/mol. The van der Waals surface area contributed by atoms with Crippen molar-refractivity contribution in [1.82, 2.24) is 9.88 Å². The van der Waals surface area contributed by atoms with E-state index in [-0.39, 0.29) is 30.4 Å². The van der Waals surface area contributed by atoms with Crippen molar-refractivity contribution in [3.8, 4) is 11.3 Å². The molecular formula is C25H31BrN2O4. The summed E-state index contributed by atoms with van der Waals surface area (Å²) in [5, 5.41) is 0. The molecule has 1 aromatic carbocycles. The number of carbonyl (C=O) groups is 2. The summed E-state index contributed by atoms with van der Waals surface area (Å²) in [6.07, 6.45) is 4.77. The number of hydrogen-bond acceptors (Lipinski definition) is 4. The number of nitrogens with zero attached hydrogens (tertiary/aromatic N) is 1. The summed E-state index contributed by atoms with van der Waals surface area (Å²) in [4.78, 5) is 31.3. The topological polar surface area (TPSA) is 71.6 Å². The van der Waals surface area contributed by atoms with Gasteiger partial charge in [-0.05, 0) is 67.9 Å². The van der Waals surface area contributed by atoms with E-state index in [0.717, 1.165) is 36.6 Å². The molecule has 3 atom stereocenters. The number of ether oxygens (including phenoxy) is 2. The zero-order valence-corrected chi connectivity index (χ0v) is 20.5. The molecule has 0 radical (unpaired) electrons. The molecule has 0 spiro atoms. The van der Waals surface area contributed by atoms with Gasteiger partial charge in [0.1, 0.15) is 0 Å². The highest BCUT2D eigenvalue weighted by atomic mass is 79.9. The van der Waals surface area contributed by atoms with Gasteiger partial charge in [0.15, 0.2) is 0 Å². The van der Waals surface area contributed by atoms with Gasteiger partial charge in [-0.3, -0.25) is 9.59 Å². The zero-order valence-electron chi connectivity index (χ0n) is 18.9. The van der Waals surface area contributed by atoms with Crippen LogP contribution in [0, 0.1) is 5.92 Å². The highest BCUT2D eigenvalue weighted by Crippen LogP contribution is 2.42. The van der Waals surface area contributed by atoms with Gasteiger partial charge >= 0.3 is 5.97 Å². The number of halogens is 1. The Bertz CT molecular complexity index is 985. The molecule has 1 fully saturated rings. The lowest BCUT2D eigenvalue weighted by Gasteiger charge is -2.31. The summed E-state index contributed by atoms with van der Waals surface area (Å²) in [6.45, 7) is 2.54. The minimum absolute atomic E-state index is 0.00255. The first-order chi connectivity index (χ1) is 15.4. The number of likely N-dealkylation sites (tertiary alicyclic amines) is 1. The van der Waals surface area contributed by atoms with Crippen molar-refractivity contribution in [2.24, 2.45) is 5.92 Å². The number of benzene rings is 1. The van der Waals surface area contributed by atoms with Gasteiger partial charge in [-0.15, -0.1) is 0 Å². The smallest absolute Gasteiger partial charge is 0.306 e. The number of esters is 1. The van der Waals surface area contributed by atoms with Crippen molar-refractivity contribution >= 4 is 27.8 Å². The molecular weight excluding hydrogens is 472 g/mol. The lowest BCUT2D eigenvalue weighted by Crippen LogP contribution is -2.41. The van der Waals surface area contributed by atoms with E-state index < -0.39 is 5.92 Å². The summed E-state index contributed by atoms with van der Waals surface area (Å²) in [6, 6.07) is 8.38. The van der Waals surface area contributed by atoms with Gasteiger partial charge in [-0.2, -0.15) is 0 Å². The summed E-state index contributed by atoms with van der Waals surface area (Å²) in [7, 11) is 2.93. The number of amides is 1. The minimum atomic E-state index is -0.554. The number of fused-ring (bicyclic) bond motifs is 1. The van der Waals surface area contributed by atoms with E-state index in [2.05, 4.69) is 45.2 Å². The van der Waals surface area contributed by atoms with Crippen LogP contribution in [0.4, 0.5) is 0 Å². The Kier molecular flexibility index (Phi) is 7.05. The fraction of sp³-hybridized carbons (Fsp3) is 0.520. The lowest BCUT2D eigenvalue weighted by molar-refractivity contribution is -0.151.